The number of aromatic amines is 1. The second-order valence-electron chi connectivity index (χ2n) is 11.4. The average molecular weight is 532 g/mol. The number of carbonyl (C=O) groups is 2. The van der Waals surface area contributed by atoms with E-state index >= 15 is 0 Å². The van der Waals surface area contributed by atoms with Crippen LogP contribution in [0.25, 0.3) is 10.9 Å². The maximum atomic E-state index is 13.7. The van der Waals surface area contributed by atoms with Gasteiger partial charge in [0.05, 0.1) is 6.54 Å². The molecule has 0 spiro atoms. The number of carbonyl (C=O) groups excluding carboxylic acids is 2. The largest absolute Gasteiger partial charge is 0.361 e. The van der Waals surface area contributed by atoms with E-state index in [0.29, 0.717) is 32.0 Å². The first kappa shape index (κ1) is 30.5. The highest BCUT2D eigenvalue weighted by Crippen LogP contribution is 2.19. The molecule has 0 aliphatic rings. The number of unbranched alkanes of at least 4 members (excludes halogenated alkanes) is 6. The molecule has 0 saturated carbocycles. The molecule has 5 heteroatoms. The van der Waals surface area contributed by atoms with Crippen LogP contribution in [0.3, 0.4) is 0 Å². The zero-order chi connectivity index (χ0) is 28.0. The van der Waals surface area contributed by atoms with E-state index in [2.05, 4.69) is 81.3 Å². The molecule has 0 atom stereocenters. The molecule has 3 rings (SSSR count). The summed E-state index contributed by atoms with van der Waals surface area (Å²) in [6.07, 6.45) is 11.6. The van der Waals surface area contributed by atoms with Crippen LogP contribution in [0.4, 0.5) is 0 Å². The van der Waals surface area contributed by atoms with Crippen LogP contribution in [0, 0.1) is 12.8 Å². The Bertz CT molecular complexity index is 1150. The maximum absolute atomic E-state index is 13.7. The Morgan fingerprint density at radius 3 is 2.26 bits per heavy atom. The summed E-state index contributed by atoms with van der Waals surface area (Å²) >= 11 is 0. The highest BCUT2D eigenvalue weighted by molar-refractivity contribution is 5.85. The van der Waals surface area contributed by atoms with Crippen LogP contribution < -0.4 is 0 Å². The minimum absolute atomic E-state index is 0.0176. The van der Waals surface area contributed by atoms with Crippen molar-refractivity contribution in [2.24, 2.45) is 5.92 Å². The number of para-hydroxylation sites is 1. The molecular formula is C34H49N3O2. The van der Waals surface area contributed by atoms with Crippen LogP contribution >= 0.6 is 0 Å². The minimum atomic E-state index is 0.0176. The Hall–Kier alpha value is -3.08. The summed E-state index contributed by atoms with van der Waals surface area (Å²) in [5.41, 5.74) is 4.64. The third-order valence-corrected chi connectivity index (χ3v) is 7.43. The quantitative estimate of drug-likeness (QED) is 0.182. The van der Waals surface area contributed by atoms with Crippen molar-refractivity contribution in [3.05, 3.63) is 71.4 Å². The van der Waals surface area contributed by atoms with Crippen molar-refractivity contribution < 1.29 is 9.59 Å². The van der Waals surface area contributed by atoms with E-state index in [1.807, 2.05) is 11.0 Å². The fraction of sp³-hybridized carbons (Fsp3) is 0.529. The fourth-order valence-electron chi connectivity index (χ4n) is 5.15. The Morgan fingerprint density at radius 2 is 1.54 bits per heavy atom. The van der Waals surface area contributed by atoms with Gasteiger partial charge in [-0.05, 0) is 42.9 Å². The van der Waals surface area contributed by atoms with Crippen LogP contribution in [0.1, 0.15) is 88.8 Å². The number of fused-ring (bicyclic) bond motifs is 1. The molecule has 0 fully saturated rings. The predicted molar refractivity (Wildman–Crippen MR) is 163 cm³/mol. The van der Waals surface area contributed by atoms with Crippen molar-refractivity contribution in [3.63, 3.8) is 0 Å². The molecular weight excluding hydrogens is 482 g/mol. The summed E-state index contributed by atoms with van der Waals surface area (Å²) in [7, 11) is 0. The van der Waals surface area contributed by atoms with Crippen molar-refractivity contribution in [2.75, 3.05) is 19.6 Å². The summed E-state index contributed by atoms with van der Waals surface area (Å²) < 4.78 is 0. The van der Waals surface area contributed by atoms with Gasteiger partial charge in [-0.25, -0.2) is 0 Å². The number of benzene rings is 2. The smallest absolute Gasteiger partial charge is 0.242 e. The number of rotatable bonds is 17. The van der Waals surface area contributed by atoms with Crippen LogP contribution in [-0.4, -0.2) is 46.2 Å². The molecule has 212 valence electrons. The SMILES string of the molecule is CCCCCCCCCC(=O)N(CC(=O)N(CCc1c[nH]c2ccccc12)Cc1ccc(C)cc1)CC(C)C. The van der Waals surface area contributed by atoms with Crippen LogP contribution in [0.5, 0.6) is 0 Å². The predicted octanol–water partition coefficient (Wildman–Crippen LogP) is 7.67. The number of aryl methyl sites for hydroxylation is 1. The van der Waals surface area contributed by atoms with Gasteiger partial charge in [0, 0.05) is 43.2 Å². The van der Waals surface area contributed by atoms with E-state index in [1.165, 1.54) is 48.6 Å². The van der Waals surface area contributed by atoms with E-state index in [9.17, 15) is 9.59 Å². The van der Waals surface area contributed by atoms with E-state index in [0.717, 1.165) is 30.3 Å². The standard InChI is InChI=1S/C34H49N3O2/c1-5-6-7-8-9-10-11-16-33(38)37(24-27(2)3)26-34(39)36(25-29-19-17-28(4)18-20-29)22-21-30-23-35-32-15-13-12-14-31(30)32/h12-15,17-20,23,27,35H,5-11,16,21-22,24-26H2,1-4H3. The van der Waals surface area contributed by atoms with Gasteiger partial charge in [0.2, 0.25) is 11.8 Å². The molecule has 1 aromatic heterocycles. The number of amides is 2. The summed E-state index contributed by atoms with van der Waals surface area (Å²) in [5, 5.41) is 1.20. The molecule has 0 aliphatic carbocycles. The number of hydrogen-bond acceptors (Lipinski definition) is 2. The summed E-state index contributed by atoms with van der Waals surface area (Å²) in [5.74, 6) is 0.439. The van der Waals surface area contributed by atoms with Crippen molar-refractivity contribution >= 4 is 22.7 Å². The number of hydrogen-bond donors (Lipinski definition) is 1. The number of aromatic nitrogens is 1. The molecule has 39 heavy (non-hydrogen) atoms. The second kappa shape index (κ2) is 16.1. The van der Waals surface area contributed by atoms with Gasteiger partial charge >= 0.3 is 0 Å². The van der Waals surface area contributed by atoms with Crippen molar-refractivity contribution in [1.82, 2.24) is 14.8 Å². The first-order valence-corrected chi connectivity index (χ1v) is 15.0. The Balaban J connectivity index is 1.65. The molecule has 5 nitrogen and oxygen atoms in total. The normalized spacial score (nSPS) is 11.3. The molecule has 0 radical (unpaired) electrons. The first-order valence-electron chi connectivity index (χ1n) is 15.0. The summed E-state index contributed by atoms with van der Waals surface area (Å²) in [4.78, 5) is 34.0. The maximum Gasteiger partial charge on any atom is 0.242 e. The Labute approximate surface area is 236 Å². The third-order valence-electron chi connectivity index (χ3n) is 7.43. The first-order chi connectivity index (χ1) is 18.9. The molecule has 0 unspecified atom stereocenters. The van der Waals surface area contributed by atoms with Gasteiger partial charge in [0.15, 0.2) is 0 Å². The van der Waals surface area contributed by atoms with Gasteiger partial charge in [-0.3, -0.25) is 9.59 Å². The molecule has 2 amide bonds. The zero-order valence-corrected chi connectivity index (χ0v) is 24.7. The Kier molecular flexibility index (Phi) is 12.6. The second-order valence-corrected chi connectivity index (χ2v) is 11.4. The monoisotopic (exact) mass is 531 g/mol. The lowest BCUT2D eigenvalue weighted by molar-refractivity contribution is -0.141. The summed E-state index contributed by atoms with van der Waals surface area (Å²) in [6, 6.07) is 16.7. The number of nitrogens with zero attached hydrogens (tertiary/aromatic N) is 2. The van der Waals surface area contributed by atoms with Gasteiger partial charge in [-0.1, -0.05) is 107 Å². The van der Waals surface area contributed by atoms with Gasteiger partial charge in [-0.15, -0.1) is 0 Å². The van der Waals surface area contributed by atoms with Gasteiger partial charge in [0.25, 0.3) is 0 Å². The molecule has 0 bridgehead atoms. The molecule has 3 aromatic rings. The highest BCUT2D eigenvalue weighted by atomic mass is 16.2. The molecule has 2 aromatic carbocycles. The molecule has 1 heterocycles. The third kappa shape index (κ3) is 10.2. The van der Waals surface area contributed by atoms with Gasteiger partial charge in [-0.2, -0.15) is 0 Å². The van der Waals surface area contributed by atoms with E-state index < -0.39 is 0 Å². The van der Waals surface area contributed by atoms with Gasteiger partial charge in [0.1, 0.15) is 0 Å². The van der Waals surface area contributed by atoms with E-state index in [1.54, 1.807) is 4.90 Å². The molecule has 0 saturated heterocycles. The molecule has 1 N–H and O–H groups in total. The summed E-state index contributed by atoms with van der Waals surface area (Å²) in [6.45, 7) is 10.4. The lowest BCUT2D eigenvalue weighted by Crippen LogP contribution is -2.44. The topological polar surface area (TPSA) is 56.4 Å². The van der Waals surface area contributed by atoms with Crippen molar-refractivity contribution in [1.29, 1.82) is 0 Å². The van der Waals surface area contributed by atoms with Gasteiger partial charge < -0.3 is 14.8 Å². The van der Waals surface area contributed by atoms with E-state index in [-0.39, 0.29) is 18.4 Å². The van der Waals surface area contributed by atoms with Crippen LogP contribution in [-0.2, 0) is 22.6 Å². The molecule has 0 aliphatic heterocycles. The minimum Gasteiger partial charge on any atom is -0.361 e. The number of H-pyrrole nitrogens is 1. The fourth-order valence-corrected chi connectivity index (χ4v) is 5.15. The lowest BCUT2D eigenvalue weighted by Gasteiger charge is -2.29. The zero-order valence-electron chi connectivity index (χ0n) is 24.7. The van der Waals surface area contributed by atoms with E-state index in [4.69, 9.17) is 0 Å². The van der Waals surface area contributed by atoms with Crippen molar-refractivity contribution in [2.45, 2.75) is 92.0 Å². The lowest BCUT2D eigenvalue weighted by atomic mass is 10.1. The van der Waals surface area contributed by atoms with Crippen LogP contribution in [0.2, 0.25) is 0 Å². The van der Waals surface area contributed by atoms with Crippen molar-refractivity contribution in [3.8, 4) is 0 Å². The Morgan fingerprint density at radius 1 is 0.846 bits per heavy atom. The average Bonchev–Trinajstić information content (AvgIpc) is 3.34. The number of nitrogens with one attached hydrogen (secondary N) is 1. The highest BCUT2D eigenvalue weighted by Gasteiger charge is 2.22. The van der Waals surface area contributed by atoms with Crippen LogP contribution in [0.15, 0.2) is 54.7 Å².